The van der Waals surface area contributed by atoms with Gasteiger partial charge >= 0.3 is 0 Å². The lowest BCUT2D eigenvalue weighted by Gasteiger charge is -2.21. The van der Waals surface area contributed by atoms with Gasteiger partial charge in [0, 0.05) is 19.6 Å². The second-order valence-electron chi connectivity index (χ2n) is 4.68. The summed E-state index contributed by atoms with van der Waals surface area (Å²) >= 11 is 1.40. The zero-order valence-corrected chi connectivity index (χ0v) is 12.3. The van der Waals surface area contributed by atoms with Crippen molar-refractivity contribution < 1.29 is 17.9 Å². The summed E-state index contributed by atoms with van der Waals surface area (Å²) in [6.45, 7) is 1.05. The van der Waals surface area contributed by atoms with E-state index < -0.39 is 9.84 Å². The van der Waals surface area contributed by atoms with Gasteiger partial charge in [0.25, 0.3) is 0 Å². The van der Waals surface area contributed by atoms with Crippen molar-refractivity contribution in [3.05, 3.63) is 22.4 Å². The van der Waals surface area contributed by atoms with Gasteiger partial charge in [-0.2, -0.15) is 0 Å². The molecule has 0 N–H and O–H groups in total. The lowest BCUT2D eigenvalue weighted by atomic mass is 10.2. The number of sulfone groups is 1. The van der Waals surface area contributed by atoms with Gasteiger partial charge in [0.15, 0.2) is 15.6 Å². The third-order valence-electron chi connectivity index (χ3n) is 3.30. The fraction of sp³-hybridized carbons (Fsp3) is 0.615. The molecule has 1 aliphatic rings. The van der Waals surface area contributed by atoms with E-state index in [1.54, 1.807) is 6.07 Å². The maximum atomic E-state index is 12.1. The molecule has 0 radical (unpaired) electrons. The van der Waals surface area contributed by atoms with Gasteiger partial charge in [-0.15, -0.1) is 11.3 Å². The second kappa shape index (κ2) is 6.63. The Morgan fingerprint density at radius 2 is 2.11 bits per heavy atom. The Morgan fingerprint density at radius 1 is 1.37 bits per heavy atom. The van der Waals surface area contributed by atoms with E-state index in [1.165, 1.54) is 11.3 Å². The van der Waals surface area contributed by atoms with Crippen LogP contribution in [-0.4, -0.2) is 38.4 Å². The van der Waals surface area contributed by atoms with Crippen LogP contribution in [0.2, 0.25) is 0 Å². The highest BCUT2D eigenvalue weighted by molar-refractivity contribution is 7.92. The summed E-state index contributed by atoms with van der Waals surface area (Å²) in [6.07, 6.45) is 1.89. The molecule has 0 aromatic carbocycles. The van der Waals surface area contributed by atoms with Crippen molar-refractivity contribution in [2.75, 3.05) is 19.0 Å². The minimum atomic E-state index is -3.08. The third-order valence-corrected chi connectivity index (χ3v) is 6.56. The molecule has 1 saturated heterocycles. The first-order valence-corrected chi connectivity index (χ1v) is 9.05. The van der Waals surface area contributed by atoms with Crippen LogP contribution < -0.4 is 0 Å². The number of ketones is 1. The van der Waals surface area contributed by atoms with Crippen molar-refractivity contribution in [3.63, 3.8) is 0 Å². The fourth-order valence-electron chi connectivity index (χ4n) is 2.20. The molecule has 2 heterocycles. The molecule has 0 bridgehead atoms. The summed E-state index contributed by atoms with van der Waals surface area (Å²) in [7, 11) is -3.08. The van der Waals surface area contributed by atoms with E-state index in [0.717, 1.165) is 0 Å². The number of rotatable bonds is 6. The van der Waals surface area contributed by atoms with Crippen molar-refractivity contribution in [1.82, 2.24) is 0 Å². The lowest BCUT2D eigenvalue weighted by molar-refractivity contribution is 0.0976. The molecule has 0 spiro atoms. The van der Waals surface area contributed by atoms with E-state index in [9.17, 15) is 13.2 Å². The SMILES string of the molecule is O=C(CCCS(=O)(=O)C1CCOCC1)c1cccs1. The van der Waals surface area contributed by atoms with E-state index in [4.69, 9.17) is 4.74 Å². The lowest BCUT2D eigenvalue weighted by Crippen LogP contribution is -2.30. The molecule has 0 atom stereocenters. The normalized spacial score (nSPS) is 17.5. The monoisotopic (exact) mass is 302 g/mol. The molecule has 0 unspecified atom stereocenters. The molecule has 1 aliphatic heterocycles. The fourth-order valence-corrected chi connectivity index (χ4v) is 4.68. The predicted molar refractivity (Wildman–Crippen MR) is 75.5 cm³/mol. The average molecular weight is 302 g/mol. The molecular formula is C13H18O4S2. The number of thiophene rings is 1. The van der Waals surface area contributed by atoms with E-state index in [0.29, 0.717) is 43.8 Å². The smallest absolute Gasteiger partial charge is 0.172 e. The molecule has 0 saturated carbocycles. The van der Waals surface area contributed by atoms with Gasteiger partial charge in [0.05, 0.1) is 15.9 Å². The van der Waals surface area contributed by atoms with Crippen molar-refractivity contribution in [2.45, 2.75) is 30.9 Å². The van der Waals surface area contributed by atoms with E-state index in [-0.39, 0.29) is 16.8 Å². The number of ether oxygens (including phenoxy) is 1. The first-order chi connectivity index (χ1) is 9.09. The molecule has 19 heavy (non-hydrogen) atoms. The molecule has 106 valence electrons. The molecule has 1 aromatic rings. The molecule has 0 amide bonds. The Labute approximate surface area is 117 Å². The number of carbonyl (C=O) groups is 1. The second-order valence-corrected chi connectivity index (χ2v) is 8.03. The Kier molecular flexibility index (Phi) is 5.13. The Morgan fingerprint density at radius 3 is 2.74 bits per heavy atom. The average Bonchev–Trinajstić information content (AvgIpc) is 2.93. The minimum Gasteiger partial charge on any atom is -0.381 e. The van der Waals surface area contributed by atoms with Crippen LogP contribution in [-0.2, 0) is 14.6 Å². The van der Waals surface area contributed by atoms with Crippen molar-refractivity contribution >= 4 is 27.0 Å². The highest BCUT2D eigenvalue weighted by Gasteiger charge is 2.27. The van der Waals surface area contributed by atoms with Gasteiger partial charge in [0.2, 0.25) is 0 Å². The third kappa shape index (κ3) is 4.12. The van der Waals surface area contributed by atoms with Gasteiger partial charge < -0.3 is 4.74 Å². The van der Waals surface area contributed by atoms with Crippen LogP contribution >= 0.6 is 11.3 Å². The van der Waals surface area contributed by atoms with E-state index >= 15 is 0 Å². The molecule has 6 heteroatoms. The van der Waals surface area contributed by atoms with Crippen LogP contribution in [0.15, 0.2) is 17.5 Å². The summed E-state index contributed by atoms with van der Waals surface area (Å²) in [5.74, 6) is 0.145. The van der Waals surface area contributed by atoms with Gasteiger partial charge in [-0.1, -0.05) is 6.07 Å². The van der Waals surface area contributed by atoms with Gasteiger partial charge in [-0.25, -0.2) is 8.42 Å². The first kappa shape index (κ1) is 14.7. The van der Waals surface area contributed by atoms with E-state index in [2.05, 4.69) is 0 Å². The van der Waals surface area contributed by atoms with Crippen molar-refractivity contribution in [1.29, 1.82) is 0 Å². The zero-order chi connectivity index (χ0) is 13.7. The van der Waals surface area contributed by atoms with Crippen LogP contribution in [0.3, 0.4) is 0 Å². The first-order valence-electron chi connectivity index (χ1n) is 6.45. The highest BCUT2D eigenvalue weighted by atomic mass is 32.2. The van der Waals surface area contributed by atoms with Crippen LogP contribution in [0.25, 0.3) is 0 Å². The maximum Gasteiger partial charge on any atom is 0.172 e. The van der Waals surface area contributed by atoms with Gasteiger partial charge in [-0.3, -0.25) is 4.79 Å². The number of carbonyl (C=O) groups excluding carboxylic acids is 1. The summed E-state index contributed by atoms with van der Waals surface area (Å²) in [4.78, 5) is 12.5. The Bertz CT molecular complexity index is 499. The minimum absolute atomic E-state index is 0.0391. The summed E-state index contributed by atoms with van der Waals surface area (Å²) < 4.78 is 29.3. The standard InChI is InChI=1S/C13H18O4S2/c14-12(13-4-1-9-18-13)3-2-10-19(15,16)11-5-7-17-8-6-11/h1,4,9,11H,2-3,5-8,10H2. The number of Topliss-reactive ketones (excluding diaryl/α,β-unsaturated/α-hetero) is 1. The molecule has 0 aliphatic carbocycles. The largest absolute Gasteiger partial charge is 0.381 e. The summed E-state index contributed by atoms with van der Waals surface area (Å²) in [5, 5.41) is 1.57. The number of hydrogen-bond acceptors (Lipinski definition) is 5. The van der Waals surface area contributed by atoms with Crippen molar-refractivity contribution in [3.8, 4) is 0 Å². The van der Waals surface area contributed by atoms with Crippen LogP contribution in [0, 0.1) is 0 Å². The highest BCUT2D eigenvalue weighted by Crippen LogP contribution is 2.18. The molecule has 2 rings (SSSR count). The molecular weight excluding hydrogens is 284 g/mol. The Balaban J connectivity index is 1.80. The molecule has 1 fully saturated rings. The summed E-state index contributed by atoms with van der Waals surface area (Å²) in [6, 6.07) is 3.61. The van der Waals surface area contributed by atoms with Crippen molar-refractivity contribution in [2.24, 2.45) is 0 Å². The van der Waals surface area contributed by atoms with Crippen LogP contribution in [0.5, 0.6) is 0 Å². The zero-order valence-electron chi connectivity index (χ0n) is 10.7. The maximum absolute atomic E-state index is 12.1. The van der Waals surface area contributed by atoms with Gasteiger partial charge in [0.1, 0.15) is 0 Å². The quantitative estimate of drug-likeness (QED) is 0.757. The van der Waals surface area contributed by atoms with E-state index in [1.807, 2.05) is 11.4 Å². The number of hydrogen-bond donors (Lipinski definition) is 0. The predicted octanol–water partition coefficient (Wildman–Crippen LogP) is 2.30. The summed E-state index contributed by atoms with van der Waals surface area (Å²) in [5.41, 5.74) is 0. The molecule has 4 nitrogen and oxygen atoms in total. The van der Waals surface area contributed by atoms with Crippen LogP contribution in [0.1, 0.15) is 35.4 Å². The Hall–Kier alpha value is -0.720. The van der Waals surface area contributed by atoms with Gasteiger partial charge in [-0.05, 0) is 30.7 Å². The topological polar surface area (TPSA) is 60.4 Å². The van der Waals surface area contributed by atoms with Crippen LogP contribution in [0.4, 0.5) is 0 Å². The molecule has 1 aromatic heterocycles.